The van der Waals surface area contributed by atoms with Gasteiger partial charge in [-0.1, -0.05) is 25.1 Å². The summed E-state index contributed by atoms with van der Waals surface area (Å²) >= 11 is 0. The molecule has 1 aliphatic rings. The molecule has 0 spiro atoms. The predicted octanol–water partition coefficient (Wildman–Crippen LogP) is 5.19. The van der Waals surface area contributed by atoms with E-state index < -0.39 is 33.9 Å². The Bertz CT molecular complexity index is 1610. The molecule has 0 bridgehead atoms. The quantitative estimate of drug-likeness (QED) is 0.338. The predicted molar refractivity (Wildman–Crippen MR) is 177 cm³/mol. The van der Waals surface area contributed by atoms with E-state index in [0.29, 0.717) is 36.4 Å². The van der Waals surface area contributed by atoms with Crippen LogP contribution in [-0.4, -0.2) is 86.1 Å². The molecule has 10 nitrogen and oxygen atoms in total. The van der Waals surface area contributed by atoms with Gasteiger partial charge in [-0.25, -0.2) is 12.8 Å². The van der Waals surface area contributed by atoms with Crippen LogP contribution in [0.2, 0.25) is 0 Å². The maximum absolute atomic E-state index is 14.3. The van der Waals surface area contributed by atoms with Crippen LogP contribution in [-0.2, 0) is 14.8 Å². The lowest BCUT2D eigenvalue weighted by molar-refractivity contribution is -0.00834. The molecule has 0 saturated carbocycles. The number of carbonyl (C=O) groups excluding carboxylic acids is 2. The molecule has 2 N–H and O–H groups in total. The molecule has 0 fully saturated rings. The second kappa shape index (κ2) is 16.3. The minimum Gasteiger partial charge on any atom is -0.490 e. The number of rotatable bonds is 8. The van der Waals surface area contributed by atoms with Crippen LogP contribution in [0.5, 0.6) is 5.75 Å². The molecule has 0 unspecified atom stereocenters. The van der Waals surface area contributed by atoms with Gasteiger partial charge in [0.15, 0.2) is 0 Å². The summed E-state index contributed by atoms with van der Waals surface area (Å²) in [5, 5.41) is 13.0. The topological polar surface area (TPSA) is 125 Å². The van der Waals surface area contributed by atoms with Gasteiger partial charge in [-0.05, 0) is 87.7 Å². The molecule has 3 aromatic carbocycles. The van der Waals surface area contributed by atoms with Crippen molar-refractivity contribution in [2.45, 2.75) is 63.2 Å². The van der Waals surface area contributed by atoms with Gasteiger partial charge >= 0.3 is 0 Å². The Morgan fingerprint density at radius 3 is 2.47 bits per heavy atom. The van der Waals surface area contributed by atoms with E-state index in [9.17, 15) is 27.5 Å². The zero-order chi connectivity index (χ0) is 34.1. The first-order valence-corrected chi connectivity index (χ1v) is 17.3. The number of sulfonamides is 1. The van der Waals surface area contributed by atoms with E-state index in [0.717, 1.165) is 18.6 Å². The summed E-state index contributed by atoms with van der Waals surface area (Å²) in [5.41, 5.74) is 1.09. The fourth-order valence-electron chi connectivity index (χ4n) is 5.39. The fraction of sp³-hybridized carbons (Fsp3) is 0.429. The summed E-state index contributed by atoms with van der Waals surface area (Å²) in [5.74, 6) is -1.30. The summed E-state index contributed by atoms with van der Waals surface area (Å²) in [6.07, 6.45) is 1.31. The number of ether oxygens (including phenoxy) is 2. The fourth-order valence-corrected chi connectivity index (χ4v) is 6.58. The number of aliphatic hydroxyl groups excluding tert-OH is 1. The Labute approximate surface area is 276 Å². The molecule has 47 heavy (non-hydrogen) atoms. The van der Waals surface area contributed by atoms with Gasteiger partial charge in [0.05, 0.1) is 35.3 Å². The van der Waals surface area contributed by atoms with Gasteiger partial charge in [-0.3, -0.25) is 9.59 Å². The molecule has 0 aliphatic carbocycles. The number of hydrogen-bond acceptors (Lipinski definition) is 7. The minimum absolute atomic E-state index is 0.0117. The monoisotopic (exact) mass is 669 g/mol. The van der Waals surface area contributed by atoms with Crippen molar-refractivity contribution in [3.05, 3.63) is 89.7 Å². The lowest BCUT2D eigenvalue weighted by Gasteiger charge is -2.35. The third-order valence-corrected chi connectivity index (χ3v) is 10.1. The van der Waals surface area contributed by atoms with Crippen molar-refractivity contribution < 1.29 is 37.0 Å². The van der Waals surface area contributed by atoms with Crippen molar-refractivity contribution in [1.29, 1.82) is 0 Å². The van der Waals surface area contributed by atoms with Crippen LogP contribution in [0.25, 0.3) is 0 Å². The van der Waals surface area contributed by atoms with Crippen molar-refractivity contribution in [1.82, 2.24) is 9.21 Å². The van der Waals surface area contributed by atoms with E-state index in [2.05, 4.69) is 5.32 Å². The molecular weight excluding hydrogens is 625 g/mol. The van der Waals surface area contributed by atoms with Crippen molar-refractivity contribution in [2.75, 3.05) is 38.7 Å². The number of nitrogens with one attached hydrogen (secondary N) is 1. The SMILES string of the molecule is C[C@@H]1CCCCO[C@H](CN(C)S(=O)(=O)c2ccc(F)cc2)[C@@H](C)CN([C@H](C)CO)C(=O)c2cc(NC(=O)c3ccccc3)ccc2O1. The van der Waals surface area contributed by atoms with Gasteiger partial charge in [0.25, 0.3) is 11.8 Å². The van der Waals surface area contributed by atoms with Crippen LogP contribution in [0.15, 0.2) is 77.7 Å². The number of likely N-dealkylation sites (N-methyl/N-ethyl adjacent to an activating group) is 1. The maximum Gasteiger partial charge on any atom is 0.258 e. The Kier molecular flexibility index (Phi) is 12.5. The summed E-state index contributed by atoms with van der Waals surface area (Å²) in [6.45, 7) is 5.68. The van der Waals surface area contributed by atoms with Crippen LogP contribution in [0, 0.1) is 11.7 Å². The van der Waals surface area contributed by atoms with E-state index in [1.54, 1.807) is 49.4 Å². The number of fused-ring (bicyclic) bond motifs is 1. The molecule has 3 aromatic rings. The normalized spacial score (nSPS) is 20.5. The number of nitrogens with zero attached hydrogens (tertiary/aromatic N) is 2. The zero-order valence-corrected chi connectivity index (χ0v) is 28.1. The standard InChI is InChI=1S/C35H44FN3O7S/c1-24-21-39(25(2)23-40)35(42)31-20-29(37-34(41)27-11-6-5-7-12-27)15-18-32(31)46-26(3)10-8-9-19-45-33(24)22-38(4)47(43,44)30-16-13-28(36)14-17-30/h5-7,11-18,20,24-26,33,40H,8-10,19,21-23H2,1-4H3,(H,37,41)/t24-,25+,26+,33+/m0/s1. The Morgan fingerprint density at radius 2 is 1.79 bits per heavy atom. The summed E-state index contributed by atoms with van der Waals surface area (Å²) in [7, 11) is -2.51. The van der Waals surface area contributed by atoms with Crippen LogP contribution in [0.1, 0.15) is 60.7 Å². The van der Waals surface area contributed by atoms with Gasteiger partial charge in [-0.2, -0.15) is 4.31 Å². The average molecular weight is 670 g/mol. The van der Waals surface area contributed by atoms with E-state index in [-0.39, 0.29) is 48.1 Å². The summed E-state index contributed by atoms with van der Waals surface area (Å²) in [4.78, 5) is 28.7. The third-order valence-electron chi connectivity index (χ3n) is 8.30. The molecule has 1 aliphatic heterocycles. The van der Waals surface area contributed by atoms with Gasteiger partial charge in [-0.15, -0.1) is 0 Å². The Balaban J connectivity index is 1.65. The third kappa shape index (κ3) is 9.38. The van der Waals surface area contributed by atoms with Crippen molar-refractivity contribution in [3.63, 3.8) is 0 Å². The molecule has 1 heterocycles. The van der Waals surface area contributed by atoms with Crippen molar-refractivity contribution in [3.8, 4) is 5.75 Å². The lowest BCUT2D eigenvalue weighted by atomic mass is 10.0. The van der Waals surface area contributed by atoms with Crippen LogP contribution >= 0.6 is 0 Å². The number of halogens is 1. The second-order valence-corrected chi connectivity index (χ2v) is 14.1. The largest absolute Gasteiger partial charge is 0.490 e. The number of anilines is 1. The van der Waals surface area contributed by atoms with Gasteiger partial charge in [0.1, 0.15) is 11.6 Å². The molecule has 0 saturated heterocycles. The molecule has 4 rings (SSSR count). The minimum atomic E-state index is -3.95. The Morgan fingerprint density at radius 1 is 1.09 bits per heavy atom. The molecule has 254 valence electrons. The summed E-state index contributed by atoms with van der Waals surface area (Å²) < 4.78 is 53.9. The molecule has 12 heteroatoms. The van der Waals surface area contributed by atoms with Crippen molar-refractivity contribution in [2.24, 2.45) is 5.92 Å². The van der Waals surface area contributed by atoms with Crippen LogP contribution < -0.4 is 10.1 Å². The number of hydrogen-bond donors (Lipinski definition) is 2. The first-order chi connectivity index (χ1) is 22.4. The second-order valence-electron chi connectivity index (χ2n) is 12.1. The van der Waals surface area contributed by atoms with Crippen LogP contribution in [0.4, 0.5) is 10.1 Å². The molecule has 0 radical (unpaired) electrons. The molecule has 0 aromatic heterocycles. The lowest BCUT2D eigenvalue weighted by Crippen LogP contribution is -2.48. The smallest absolute Gasteiger partial charge is 0.258 e. The highest BCUT2D eigenvalue weighted by atomic mass is 32.2. The summed E-state index contributed by atoms with van der Waals surface area (Å²) in [6, 6.07) is 17.7. The number of amides is 2. The number of aliphatic hydroxyl groups is 1. The van der Waals surface area contributed by atoms with E-state index in [4.69, 9.17) is 9.47 Å². The number of benzene rings is 3. The van der Waals surface area contributed by atoms with E-state index >= 15 is 0 Å². The van der Waals surface area contributed by atoms with Gasteiger partial charge in [0, 0.05) is 43.9 Å². The highest BCUT2D eigenvalue weighted by Crippen LogP contribution is 2.29. The maximum atomic E-state index is 14.3. The average Bonchev–Trinajstić information content (AvgIpc) is 3.06. The highest BCUT2D eigenvalue weighted by Gasteiger charge is 2.32. The zero-order valence-electron chi connectivity index (χ0n) is 27.3. The Hall–Kier alpha value is -3.84. The van der Waals surface area contributed by atoms with Gasteiger partial charge in [0.2, 0.25) is 10.0 Å². The molecule has 4 atom stereocenters. The highest BCUT2D eigenvalue weighted by molar-refractivity contribution is 7.89. The number of carbonyl (C=O) groups is 2. The molecular formula is C35H44FN3O7S. The first kappa shape index (κ1) is 36.0. The van der Waals surface area contributed by atoms with E-state index in [1.807, 2.05) is 19.9 Å². The van der Waals surface area contributed by atoms with E-state index in [1.165, 1.54) is 28.4 Å². The van der Waals surface area contributed by atoms with Gasteiger partial charge < -0.3 is 24.8 Å². The van der Waals surface area contributed by atoms with Crippen molar-refractivity contribution >= 4 is 27.5 Å². The molecule has 2 amide bonds. The first-order valence-electron chi connectivity index (χ1n) is 15.8. The van der Waals surface area contributed by atoms with Crippen LogP contribution in [0.3, 0.4) is 0 Å².